The van der Waals surface area contributed by atoms with E-state index < -0.39 is 0 Å². The van der Waals surface area contributed by atoms with Gasteiger partial charge in [0.1, 0.15) is 11.5 Å². The van der Waals surface area contributed by atoms with Crippen molar-refractivity contribution in [2.75, 3.05) is 27.3 Å². The number of methoxy groups -OCH3 is 2. The van der Waals surface area contributed by atoms with Crippen LogP contribution in [0.5, 0.6) is 23.0 Å². The summed E-state index contributed by atoms with van der Waals surface area (Å²) in [5.41, 5.74) is 3.89. The van der Waals surface area contributed by atoms with Gasteiger partial charge in [-0.1, -0.05) is 6.07 Å². The van der Waals surface area contributed by atoms with Gasteiger partial charge in [0.25, 0.3) is 0 Å². The average molecular weight is 424 g/mol. The van der Waals surface area contributed by atoms with Crippen molar-refractivity contribution >= 4 is 24.5 Å². The predicted molar refractivity (Wildman–Crippen MR) is 113 cm³/mol. The molecule has 0 atom stereocenters. The Hall–Kier alpha value is -2.97. The van der Waals surface area contributed by atoms with Crippen molar-refractivity contribution in [3.05, 3.63) is 47.5 Å². The number of ether oxygens (including phenoxy) is 2. The number of nitrogens with one attached hydrogen (secondary N) is 2. The molecular weight excluding hydrogens is 398 g/mol. The number of phenolic OH excluding ortho intramolecular Hbond substituents is 2. The van der Waals surface area contributed by atoms with Crippen LogP contribution >= 0.6 is 12.4 Å². The fourth-order valence-electron chi connectivity index (χ4n) is 2.47. The second-order valence-corrected chi connectivity index (χ2v) is 5.98. The number of hydrogen-bond acceptors (Lipinski definition) is 7. The Labute approximate surface area is 176 Å². The molecule has 0 radical (unpaired) electrons. The maximum absolute atomic E-state index is 11.8. The summed E-state index contributed by atoms with van der Waals surface area (Å²) in [6, 6.07) is 9.89. The first kappa shape index (κ1) is 24.1. The Morgan fingerprint density at radius 1 is 1.07 bits per heavy atom. The second kappa shape index (κ2) is 12.5. The lowest BCUT2D eigenvalue weighted by molar-refractivity contribution is -0.120. The Kier molecular flexibility index (Phi) is 10.4. The largest absolute Gasteiger partial charge is 0.508 e. The minimum atomic E-state index is -0.242. The van der Waals surface area contributed by atoms with E-state index in [1.54, 1.807) is 14.2 Å². The predicted octanol–water partition coefficient (Wildman–Crippen LogP) is 2.21. The summed E-state index contributed by atoms with van der Waals surface area (Å²) >= 11 is 0. The number of phenols is 2. The summed E-state index contributed by atoms with van der Waals surface area (Å²) in [6.45, 7) is 1.23. The molecule has 4 N–H and O–H groups in total. The number of hydrogen-bond donors (Lipinski definition) is 4. The Morgan fingerprint density at radius 2 is 1.83 bits per heavy atom. The minimum absolute atomic E-state index is 0. The molecule has 158 valence electrons. The summed E-state index contributed by atoms with van der Waals surface area (Å²) in [6.07, 6.45) is 2.38. The molecule has 1 amide bonds. The van der Waals surface area contributed by atoms with Crippen LogP contribution in [-0.2, 0) is 11.2 Å². The van der Waals surface area contributed by atoms with Gasteiger partial charge < -0.3 is 25.0 Å². The zero-order valence-corrected chi connectivity index (χ0v) is 17.2. The first-order valence-electron chi connectivity index (χ1n) is 8.79. The van der Waals surface area contributed by atoms with Gasteiger partial charge >= 0.3 is 0 Å². The van der Waals surface area contributed by atoms with Crippen LogP contribution in [0, 0.1) is 0 Å². The Balaban J connectivity index is 0.00000420. The van der Waals surface area contributed by atoms with Crippen LogP contribution in [0.1, 0.15) is 17.5 Å². The number of benzene rings is 2. The lowest BCUT2D eigenvalue weighted by Crippen LogP contribution is -2.25. The highest BCUT2D eigenvalue weighted by Crippen LogP contribution is 2.27. The van der Waals surface area contributed by atoms with Gasteiger partial charge in [-0.3, -0.25) is 4.79 Å². The Morgan fingerprint density at radius 3 is 2.52 bits per heavy atom. The number of nitrogens with zero attached hydrogens (tertiary/aromatic N) is 1. The number of carbonyl (C=O) groups excluding carboxylic acids is 1. The average Bonchev–Trinajstić information content (AvgIpc) is 2.69. The van der Waals surface area contributed by atoms with Crippen molar-refractivity contribution in [1.82, 2.24) is 10.7 Å². The summed E-state index contributed by atoms with van der Waals surface area (Å²) in [4.78, 5) is 11.8. The number of carbonyl (C=O) groups is 1. The highest BCUT2D eigenvalue weighted by Gasteiger charge is 2.05. The smallest absolute Gasteiger partial charge is 0.241 e. The molecule has 0 fully saturated rings. The van der Waals surface area contributed by atoms with Crippen LogP contribution in [0.15, 0.2) is 41.5 Å². The van der Waals surface area contributed by atoms with Crippen molar-refractivity contribution in [2.45, 2.75) is 12.8 Å². The van der Waals surface area contributed by atoms with E-state index in [0.29, 0.717) is 30.2 Å². The van der Waals surface area contributed by atoms with Crippen LogP contribution in [0.3, 0.4) is 0 Å². The topological polar surface area (TPSA) is 112 Å². The summed E-state index contributed by atoms with van der Waals surface area (Å²) in [5.74, 6) is 0.981. The molecule has 9 heteroatoms. The summed E-state index contributed by atoms with van der Waals surface area (Å²) in [5, 5.41) is 25.8. The van der Waals surface area contributed by atoms with E-state index in [1.807, 2.05) is 18.2 Å². The molecule has 0 saturated heterocycles. The maximum atomic E-state index is 11.8. The molecule has 2 aromatic carbocycles. The zero-order chi connectivity index (χ0) is 20.4. The van der Waals surface area contributed by atoms with Gasteiger partial charge in [0.2, 0.25) is 5.91 Å². The van der Waals surface area contributed by atoms with Crippen LogP contribution < -0.4 is 20.2 Å². The van der Waals surface area contributed by atoms with Crippen molar-refractivity contribution in [3.8, 4) is 23.0 Å². The van der Waals surface area contributed by atoms with Gasteiger partial charge in [-0.2, -0.15) is 5.10 Å². The monoisotopic (exact) mass is 423 g/mol. The molecule has 2 aromatic rings. The number of aromatic hydroxyl groups is 2. The molecule has 0 heterocycles. The third kappa shape index (κ3) is 7.89. The van der Waals surface area contributed by atoms with Gasteiger partial charge in [0.05, 0.1) is 20.4 Å². The molecule has 0 unspecified atom stereocenters. The minimum Gasteiger partial charge on any atom is -0.508 e. The van der Waals surface area contributed by atoms with E-state index in [2.05, 4.69) is 15.8 Å². The van der Waals surface area contributed by atoms with Gasteiger partial charge in [0.15, 0.2) is 11.5 Å². The van der Waals surface area contributed by atoms with Crippen molar-refractivity contribution in [2.24, 2.45) is 5.10 Å². The third-order valence-electron chi connectivity index (χ3n) is 3.97. The van der Waals surface area contributed by atoms with Gasteiger partial charge in [-0.05, 0) is 42.8 Å². The molecular formula is C20H26ClN3O5. The molecule has 29 heavy (non-hydrogen) atoms. The molecule has 0 aromatic heterocycles. The second-order valence-electron chi connectivity index (χ2n) is 5.98. The lowest BCUT2D eigenvalue weighted by Gasteiger charge is -2.10. The van der Waals surface area contributed by atoms with Crippen LogP contribution in [0.25, 0.3) is 0 Å². The molecule has 8 nitrogen and oxygen atoms in total. The van der Waals surface area contributed by atoms with Gasteiger partial charge in [0, 0.05) is 24.6 Å². The van der Waals surface area contributed by atoms with Crippen LogP contribution in [-0.4, -0.2) is 49.6 Å². The quantitative estimate of drug-likeness (QED) is 0.265. The van der Waals surface area contributed by atoms with E-state index >= 15 is 0 Å². The highest BCUT2D eigenvalue weighted by atomic mass is 35.5. The van der Waals surface area contributed by atoms with Crippen molar-refractivity contribution in [3.63, 3.8) is 0 Å². The number of rotatable bonds is 10. The van der Waals surface area contributed by atoms with Crippen molar-refractivity contribution < 1.29 is 24.5 Å². The zero-order valence-electron chi connectivity index (χ0n) is 16.3. The van der Waals surface area contributed by atoms with Gasteiger partial charge in [-0.25, -0.2) is 5.43 Å². The van der Waals surface area contributed by atoms with Crippen LogP contribution in [0.4, 0.5) is 0 Å². The molecule has 2 rings (SSSR count). The number of hydrazone groups is 1. The molecule has 0 bridgehead atoms. The van der Waals surface area contributed by atoms with E-state index in [1.165, 1.54) is 24.4 Å². The maximum Gasteiger partial charge on any atom is 0.241 e. The first-order valence-corrected chi connectivity index (χ1v) is 8.79. The third-order valence-corrected chi connectivity index (χ3v) is 3.97. The SMILES string of the molecule is COc1ccc(CCNCCC(=O)N/N=C/c2ccc(O)cc2O)cc1OC.Cl. The summed E-state index contributed by atoms with van der Waals surface area (Å²) < 4.78 is 10.5. The molecule has 0 saturated carbocycles. The normalized spacial score (nSPS) is 10.4. The number of amides is 1. The van der Waals surface area contributed by atoms with E-state index in [0.717, 1.165) is 12.0 Å². The van der Waals surface area contributed by atoms with Crippen molar-refractivity contribution in [1.29, 1.82) is 0 Å². The van der Waals surface area contributed by atoms with Gasteiger partial charge in [-0.15, -0.1) is 12.4 Å². The molecule has 0 aliphatic rings. The van der Waals surface area contributed by atoms with E-state index in [-0.39, 0.29) is 36.2 Å². The Bertz CT molecular complexity index is 830. The van der Waals surface area contributed by atoms with E-state index in [9.17, 15) is 15.0 Å². The fourth-order valence-corrected chi connectivity index (χ4v) is 2.47. The molecule has 0 spiro atoms. The standard InChI is InChI=1S/C20H25N3O5.ClH/c1-27-18-6-3-14(11-19(18)28-2)7-9-21-10-8-20(26)23-22-13-15-4-5-16(24)12-17(15)25;/h3-6,11-13,21,24-25H,7-10H2,1-2H3,(H,23,26);1H/b22-13+;. The van der Waals surface area contributed by atoms with E-state index in [4.69, 9.17) is 9.47 Å². The number of halogens is 1. The molecule has 0 aliphatic carbocycles. The fraction of sp³-hybridized carbons (Fsp3) is 0.300. The lowest BCUT2D eigenvalue weighted by atomic mass is 10.1. The first-order chi connectivity index (χ1) is 13.5. The highest BCUT2D eigenvalue weighted by molar-refractivity contribution is 5.85. The van der Waals surface area contributed by atoms with Crippen LogP contribution in [0.2, 0.25) is 0 Å². The summed E-state index contributed by atoms with van der Waals surface area (Å²) in [7, 11) is 3.20. The molecule has 0 aliphatic heterocycles.